The molecule has 0 atom stereocenters. The molecule has 0 aliphatic carbocycles. The van der Waals surface area contributed by atoms with Crippen LogP contribution in [0, 0.1) is 0 Å². The van der Waals surface area contributed by atoms with Crippen LogP contribution in [0.3, 0.4) is 0 Å². The lowest BCUT2D eigenvalue weighted by atomic mass is 10.1. The second-order valence-electron chi connectivity index (χ2n) is 6.24. The van der Waals surface area contributed by atoms with Crippen molar-refractivity contribution in [2.75, 3.05) is 19.6 Å². The molecule has 0 amide bonds. The van der Waals surface area contributed by atoms with Gasteiger partial charge in [-0.05, 0) is 39.8 Å². The molecule has 0 aromatic carbocycles. The van der Waals surface area contributed by atoms with Gasteiger partial charge in [-0.1, -0.05) is 76.9 Å². The molecule has 0 bridgehead atoms. The van der Waals surface area contributed by atoms with Gasteiger partial charge in [-0.3, -0.25) is 4.90 Å². The van der Waals surface area contributed by atoms with Gasteiger partial charge in [0.15, 0.2) is 0 Å². The minimum atomic E-state index is 1.18. The van der Waals surface area contributed by atoms with Crippen molar-refractivity contribution in [2.24, 2.45) is 0 Å². The first-order chi connectivity index (χ1) is 9.74. The molecule has 0 unspecified atom stereocenters. The fourth-order valence-corrected chi connectivity index (χ4v) is 2.59. The van der Waals surface area contributed by atoms with E-state index in [1.807, 2.05) is 0 Å². The zero-order valence-electron chi connectivity index (χ0n) is 14.7. The Morgan fingerprint density at radius 1 is 0.750 bits per heavy atom. The second-order valence-corrected chi connectivity index (χ2v) is 6.24. The van der Waals surface area contributed by atoms with E-state index in [1.165, 1.54) is 89.4 Å². The average Bonchev–Trinajstić information content (AvgIpc) is 2.46. The summed E-state index contributed by atoms with van der Waals surface area (Å²) in [5, 5.41) is 0. The minimum Gasteiger partial charge on any atom is -0.299 e. The molecule has 0 rings (SSSR count). The van der Waals surface area contributed by atoms with Crippen LogP contribution in [0.1, 0.15) is 91.9 Å². The number of unbranched alkanes of at least 4 members (excludes halogenated alkanes) is 8. The summed E-state index contributed by atoms with van der Waals surface area (Å²) in [7, 11) is 0. The highest BCUT2D eigenvalue weighted by Gasteiger charge is 2.05. The van der Waals surface area contributed by atoms with Crippen LogP contribution < -0.4 is 0 Å². The zero-order valence-corrected chi connectivity index (χ0v) is 14.7. The van der Waals surface area contributed by atoms with E-state index in [0.717, 1.165) is 0 Å². The third-order valence-corrected chi connectivity index (χ3v) is 4.12. The van der Waals surface area contributed by atoms with Gasteiger partial charge in [0, 0.05) is 6.54 Å². The van der Waals surface area contributed by atoms with Crippen LogP contribution in [0.5, 0.6) is 0 Å². The first kappa shape index (κ1) is 19.7. The number of nitrogens with zero attached hydrogens (tertiary/aromatic N) is 1. The van der Waals surface area contributed by atoms with E-state index in [9.17, 15) is 0 Å². The molecule has 0 spiro atoms. The van der Waals surface area contributed by atoms with Crippen LogP contribution in [0.15, 0.2) is 11.6 Å². The monoisotopic (exact) mass is 281 g/mol. The Morgan fingerprint density at radius 2 is 1.20 bits per heavy atom. The maximum absolute atomic E-state index is 2.67. The van der Waals surface area contributed by atoms with E-state index in [-0.39, 0.29) is 0 Å². The van der Waals surface area contributed by atoms with Crippen molar-refractivity contribution in [3.05, 3.63) is 11.6 Å². The normalized spacial score (nSPS) is 12.3. The van der Waals surface area contributed by atoms with E-state index < -0.39 is 0 Å². The van der Waals surface area contributed by atoms with Gasteiger partial charge < -0.3 is 0 Å². The van der Waals surface area contributed by atoms with Gasteiger partial charge >= 0.3 is 0 Å². The Hall–Kier alpha value is -0.300. The van der Waals surface area contributed by atoms with Crippen LogP contribution in [-0.4, -0.2) is 24.5 Å². The van der Waals surface area contributed by atoms with Gasteiger partial charge in [0.2, 0.25) is 0 Å². The third-order valence-electron chi connectivity index (χ3n) is 4.12. The molecule has 0 N–H and O–H groups in total. The quantitative estimate of drug-likeness (QED) is 0.271. The maximum atomic E-state index is 2.67. The van der Waals surface area contributed by atoms with Gasteiger partial charge in [0.25, 0.3) is 0 Å². The number of hydrogen-bond donors (Lipinski definition) is 0. The summed E-state index contributed by atoms with van der Waals surface area (Å²) in [6.45, 7) is 12.8. The molecule has 0 aliphatic heterocycles. The van der Waals surface area contributed by atoms with Crippen molar-refractivity contribution in [1.29, 1.82) is 0 Å². The van der Waals surface area contributed by atoms with Gasteiger partial charge in [-0.15, -0.1) is 0 Å². The van der Waals surface area contributed by atoms with Crippen LogP contribution >= 0.6 is 0 Å². The van der Waals surface area contributed by atoms with E-state index in [2.05, 4.69) is 38.7 Å². The molecule has 0 radical (unpaired) electrons. The minimum absolute atomic E-state index is 1.18. The Kier molecular flexibility index (Phi) is 14.9. The summed E-state index contributed by atoms with van der Waals surface area (Å²) in [4.78, 5) is 2.67. The van der Waals surface area contributed by atoms with E-state index in [4.69, 9.17) is 0 Å². The first-order valence-corrected chi connectivity index (χ1v) is 9.08. The lowest BCUT2D eigenvalue weighted by molar-refractivity contribution is 0.280. The molecule has 1 heteroatoms. The van der Waals surface area contributed by atoms with Crippen molar-refractivity contribution in [3.8, 4) is 0 Å². The molecule has 1 nitrogen and oxygen atoms in total. The fraction of sp³-hybridized carbons (Fsp3) is 0.895. The summed E-state index contributed by atoms with van der Waals surface area (Å²) in [5.74, 6) is 0. The Morgan fingerprint density at radius 3 is 1.60 bits per heavy atom. The smallest absolute Gasteiger partial charge is 0.0189 e. The molecular weight excluding hydrogens is 242 g/mol. The highest BCUT2D eigenvalue weighted by molar-refractivity contribution is 4.98. The Bertz CT molecular complexity index is 206. The predicted octanol–water partition coefficient (Wildman–Crippen LogP) is 6.20. The Labute approximate surface area is 128 Å². The van der Waals surface area contributed by atoms with E-state index in [1.54, 1.807) is 0 Å². The Balaban J connectivity index is 3.82. The molecule has 0 aromatic rings. The largest absolute Gasteiger partial charge is 0.299 e. The molecule has 0 heterocycles. The number of rotatable bonds is 14. The van der Waals surface area contributed by atoms with Crippen LogP contribution in [-0.2, 0) is 0 Å². The number of hydrogen-bond acceptors (Lipinski definition) is 1. The molecule has 120 valence electrons. The molecular formula is C19H39N. The zero-order chi connectivity index (χ0) is 15.1. The molecule has 0 aromatic heterocycles. The van der Waals surface area contributed by atoms with Gasteiger partial charge in [-0.2, -0.15) is 0 Å². The van der Waals surface area contributed by atoms with E-state index >= 15 is 0 Å². The standard InChI is InChI=1S/C19H39N/c1-5-8-10-12-14-16-20(18-19(4)7-3)17-15-13-11-9-6-2/h7H,5-6,8-18H2,1-4H3/b19-7+. The molecule has 0 aliphatic rings. The van der Waals surface area contributed by atoms with Crippen molar-refractivity contribution >= 4 is 0 Å². The summed E-state index contributed by atoms with van der Waals surface area (Å²) >= 11 is 0. The molecule has 0 saturated heterocycles. The molecule has 20 heavy (non-hydrogen) atoms. The first-order valence-electron chi connectivity index (χ1n) is 9.08. The topological polar surface area (TPSA) is 3.24 Å². The van der Waals surface area contributed by atoms with Gasteiger partial charge in [0.05, 0.1) is 0 Å². The summed E-state index contributed by atoms with van der Waals surface area (Å²) in [5.41, 5.74) is 1.52. The van der Waals surface area contributed by atoms with Gasteiger partial charge in [-0.25, -0.2) is 0 Å². The predicted molar refractivity (Wildman–Crippen MR) is 93.4 cm³/mol. The third kappa shape index (κ3) is 12.7. The summed E-state index contributed by atoms with van der Waals surface area (Å²) in [6.07, 6.45) is 16.2. The average molecular weight is 282 g/mol. The number of allylic oxidation sites excluding steroid dienone is 1. The molecule has 0 saturated carbocycles. The highest BCUT2D eigenvalue weighted by atomic mass is 15.1. The van der Waals surface area contributed by atoms with Crippen LogP contribution in [0.4, 0.5) is 0 Å². The fourth-order valence-electron chi connectivity index (χ4n) is 2.59. The van der Waals surface area contributed by atoms with Crippen molar-refractivity contribution in [2.45, 2.75) is 91.9 Å². The van der Waals surface area contributed by atoms with Crippen LogP contribution in [0.2, 0.25) is 0 Å². The van der Waals surface area contributed by atoms with Crippen molar-refractivity contribution in [1.82, 2.24) is 4.90 Å². The van der Waals surface area contributed by atoms with Crippen molar-refractivity contribution in [3.63, 3.8) is 0 Å². The maximum Gasteiger partial charge on any atom is 0.0189 e. The van der Waals surface area contributed by atoms with Gasteiger partial charge in [0.1, 0.15) is 0 Å². The summed E-state index contributed by atoms with van der Waals surface area (Å²) in [6, 6.07) is 0. The van der Waals surface area contributed by atoms with Crippen LogP contribution in [0.25, 0.3) is 0 Å². The molecule has 0 fully saturated rings. The second kappa shape index (κ2) is 15.1. The highest BCUT2D eigenvalue weighted by Crippen LogP contribution is 2.09. The SMILES string of the molecule is C/C=C(\C)CN(CCCCCCC)CCCCCCC. The lowest BCUT2D eigenvalue weighted by Gasteiger charge is -2.22. The lowest BCUT2D eigenvalue weighted by Crippen LogP contribution is -2.28. The summed E-state index contributed by atoms with van der Waals surface area (Å²) < 4.78 is 0. The van der Waals surface area contributed by atoms with E-state index in [0.29, 0.717) is 0 Å². The van der Waals surface area contributed by atoms with Crippen molar-refractivity contribution < 1.29 is 0 Å².